The van der Waals surface area contributed by atoms with E-state index in [0.717, 1.165) is 4.47 Å². The summed E-state index contributed by atoms with van der Waals surface area (Å²) in [6.45, 7) is 0. The topological polar surface area (TPSA) is 64.3 Å². The van der Waals surface area contributed by atoms with Gasteiger partial charge in [-0.2, -0.15) is 0 Å². The molecule has 0 aliphatic rings. The number of ether oxygens (including phenoxy) is 1. The van der Waals surface area contributed by atoms with Gasteiger partial charge in [-0.3, -0.25) is 4.79 Å². The van der Waals surface area contributed by atoms with Gasteiger partial charge in [-0.05, 0) is 30.3 Å². The molecule has 0 saturated carbocycles. The molecule has 2 aromatic rings. The van der Waals surface area contributed by atoms with Gasteiger partial charge in [0, 0.05) is 21.9 Å². The number of nitrogen functional groups attached to an aromatic ring is 1. The van der Waals surface area contributed by atoms with Crippen LogP contribution in [0.4, 0.5) is 15.8 Å². The van der Waals surface area contributed by atoms with Crippen LogP contribution >= 0.6 is 15.9 Å². The molecule has 0 spiro atoms. The molecule has 0 atom stereocenters. The summed E-state index contributed by atoms with van der Waals surface area (Å²) >= 11 is 3.26. The highest BCUT2D eigenvalue weighted by Crippen LogP contribution is 2.23. The second kappa shape index (κ2) is 5.92. The van der Waals surface area contributed by atoms with E-state index in [1.165, 1.54) is 19.2 Å². The molecule has 2 aromatic carbocycles. The quantitative estimate of drug-likeness (QED) is 0.842. The van der Waals surface area contributed by atoms with Crippen molar-refractivity contribution in [2.24, 2.45) is 0 Å². The molecular formula is C14H12BrFN2O2. The second-order valence-corrected chi connectivity index (χ2v) is 4.95. The van der Waals surface area contributed by atoms with Gasteiger partial charge in [0.05, 0.1) is 12.7 Å². The molecule has 0 unspecified atom stereocenters. The maximum absolute atomic E-state index is 13.5. The molecule has 6 heteroatoms. The average Bonchev–Trinajstić information content (AvgIpc) is 2.38. The monoisotopic (exact) mass is 338 g/mol. The molecule has 0 aliphatic carbocycles. The van der Waals surface area contributed by atoms with Crippen molar-refractivity contribution in [2.45, 2.75) is 0 Å². The van der Waals surface area contributed by atoms with Crippen LogP contribution in [0.25, 0.3) is 0 Å². The van der Waals surface area contributed by atoms with Crippen molar-refractivity contribution in [3.63, 3.8) is 0 Å². The fraction of sp³-hybridized carbons (Fsp3) is 0.0714. The standard InChI is InChI=1S/C14H12BrFN2O2/c1-20-13-5-3-9(7-11(13)16)18-14(19)10-4-2-8(15)6-12(10)17/h2-7H,17H2,1H3,(H,18,19). The molecule has 0 aromatic heterocycles. The highest BCUT2D eigenvalue weighted by atomic mass is 79.9. The first-order chi connectivity index (χ1) is 9.51. The summed E-state index contributed by atoms with van der Waals surface area (Å²) in [6.07, 6.45) is 0. The Morgan fingerprint density at radius 3 is 2.65 bits per heavy atom. The predicted molar refractivity (Wildman–Crippen MR) is 79.5 cm³/mol. The molecule has 104 valence electrons. The Bertz CT molecular complexity index is 662. The Morgan fingerprint density at radius 2 is 2.05 bits per heavy atom. The van der Waals surface area contributed by atoms with Crippen LogP contribution in [0.3, 0.4) is 0 Å². The van der Waals surface area contributed by atoms with Crippen molar-refractivity contribution in [1.82, 2.24) is 0 Å². The van der Waals surface area contributed by atoms with Crippen LogP contribution in [0.2, 0.25) is 0 Å². The van der Waals surface area contributed by atoms with Crippen LogP contribution in [0.15, 0.2) is 40.9 Å². The van der Waals surface area contributed by atoms with Gasteiger partial charge in [0.15, 0.2) is 11.6 Å². The third kappa shape index (κ3) is 3.08. The minimum atomic E-state index is -0.547. The summed E-state index contributed by atoms with van der Waals surface area (Å²) in [6, 6.07) is 9.11. The molecule has 0 heterocycles. The average molecular weight is 339 g/mol. The van der Waals surface area contributed by atoms with E-state index >= 15 is 0 Å². The van der Waals surface area contributed by atoms with Crippen molar-refractivity contribution < 1.29 is 13.9 Å². The molecule has 1 amide bonds. The van der Waals surface area contributed by atoms with Crippen molar-refractivity contribution in [1.29, 1.82) is 0 Å². The smallest absolute Gasteiger partial charge is 0.257 e. The number of hydrogen-bond donors (Lipinski definition) is 2. The Hall–Kier alpha value is -2.08. The summed E-state index contributed by atoms with van der Waals surface area (Å²) in [7, 11) is 1.37. The van der Waals surface area contributed by atoms with E-state index in [0.29, 0.717) is 16.9 Å². The lowest BCUT2D eigenvalue weighted by atomic mass is 10.1. The highest BCUT2D eigenvalue weighted by molar-refractivity contribution is 9.10. The van der Waals surface area contributed by atoms with Gasteiger partial charge >= 0.3 is 0 Å². The molecular weight excluding hydrogens is 327 g/mol. The van der Waals surface area contributed by atoms with Gasteiger partial charge in [-0.1, -0.05) is 15.9 Å². The number of anilines is 2. The number of amides is 1. The normalized spacial score (nSPS) is 10.2. The van der Waals surface area contributed by atoms with Crippen LogP contribution in [0.1, 0.15) is 10.4 Å². The zero-order chi connectivity index (χ0) is 14.7. The number of hydrogen-bond acceptors (Lipinski definition) is 3. The van der Waals surface area contributed by atoms with Crippen LogP contribution < -0.4 is 15.8 Å². The fourth-order valence-corrected chi connectivity index (χ4v) is 2.06. The molecule has 20 heavy (non-hydrogen) atoms. The summed E-state index contributed by atoms with van der Waals surface area (Å²) < 4.78 is 19.1. The molecule has 0 fully saturated rings. The first kappa shape index (κ1) is 14.3. The number of nitrogens with two attached hydrogens (primary N) is 1. The molecule has 0 bridgehead atoms. The third-order valence-electron chi connectivity index (χ3n) is 2.67. The van der Waals surface area contributed by atoms with Crippen LogP contribution in [0.5, 0.6) is 5.75 Å². The van der Waals surface area contributed by atoms with Crippen LogP contribution in [-0.2, 0) is 0 Å². The lowest BCUT2D eigenvalue weighted by molar-refractivity contribution is 0.102. The lowest BCUT2D eigenvalue weighted by Crippen LogP contribution is -2.14. The van der Waals surface area contributed by atoms with Gasteiger partial charge in [0.2, 0.25) is 0 Å². The van der Waals surface area contributed by atoms with Gasteiger partial charge in [-0.15, -0.1) is 0 Å². The summed E-state index contributed by atoms with van der Waals surface area (Å²) in [4.78, 5) is 12.1. The van der Waals surface area contributed by atoms with E-state index in [4.69, 9.17) is 10.5 Å². The number of benzene rings is 2. The van der Waals surface area contributed by atoms with E-state index in [-0.39, 0.29) is 5.75 Å². The predicted octanol–water partition coefficient (Wildman–Crippen LogP) is 3.43. The highest BCUT2D eigenvalue weighted by Gasteiger charge is 2.11. The van der Waals surface area contributed by atoms with E-state index in [9.17, 15) is 9.18 Å². The summed E-state index contributed by atoms with van der Waals surface area (Å²) in [5.41, 5.74) is 6.76. The van der Waals surface area contributed by atoms with E-state index in [2.05, 4.69) is 21.2 Å². The summed E-state index contributed by atoms with van der Waals surface area (Å²) in [5.74, 6) is -0.834. The molecule has 0 saturated heterocycles. The third-order valence-corrected chi connectivity index (χ3v) is 3.16. The SMILES string of the molecule is COc1ccc(NC(=O)c2ccc(Br)cc2N)cc1F. The minimum absolute atomic E-state index is 0.117. The molecule has 3 N–H and O–H groups in total. The maximum atomic E-state index is 13.5. The number of nitrogens with one attached hydrogen (secondary N) is 1. The van der Waals surface area contributed by atoms with Crippen molar-refractivity contribution >= 4 is 33.2 Å². The van der Waals surface area contributed by atoms with E-state index < -0.39 is 11.7 Å². The second-order valence-electron chi connectivity index (χ2n) is 4.04. The van der Waals surface area contributed by atoms with Gasteiger partial charge < -0.3 is 15.8 Å². The molecule has 2 rings (SSSR count). The van der Waals surface area contributed by atoms with Crippen molar-refractivity contribution in [2.75, 3.05) is 18.2 Å². The number of rotatable bonds is 3. The minimum Gasteiger partial charge on any atom is -0.494 e. The van der Waals surface area contributed by atoms with E-state index in [1.807, 2.05) is 0 Å². The van der Waals surface area contributed by atoms with Crippen molar-refractivity contribution in [3.8, 4) is 5.75 Å². The first-order valence-electron chi connectivity index (χ1n) is 5.71. The first-order valence-corrected chi connectivity index (χ1v) is 6.50. The largest absolute Gasteiger partial charge is 0.494 e. The number of halogens is 2. The zero-order valence-corrected chi connectivity index (χ0v) is 12.2. The molecule has 0 aliphatic heterocycles. The van der Waals surface area contributed by atoms with Gasteiger partial charge in [0.25, 0.3) is 5.91 Å². The van der Waals surface area contributed by atoms with Crippen LogP contribution in [-0.4, -0.2) is 13.0 Å². The maximum Gasteiger partial charge on any atom is 0.257 e. The Balaban J connectivity index is 2.21. The zero-order valence-electron chi connectivity index (χ0n) is 10.6. The van der Waals surface area contributed by atoms with Gasteiger partial charge in [0.1, 0.15) is 0 Å². The number of carbonyl (C=O) groups excluding carboxylic acids is 1. The fourth-order valence-electron chi connectivity index (χ4n) is 1.68. The molecule has 4 nitrogen and oxygen atoms in total. The van der Waals surface area contributed by atoms with Crippen LogP contribution in [0, 0.1) is 5.82 Å². The lowest BCUT2D eigenvalue weighted by Gasteiger charge is -2.09. The Morgan fingerprint density at radius 1 is 1.30 bits per heavy atom. The Kier molecular flexibility index (Phi) is 4.24. The van der Waals surface area contributed by atoms with Gasteiger partial charge in [-0.25, -0.2) is 4.39 Å². The summed E-state index contributed by atoms with van der Waals surface area (Å²) in [5, 5.41) is 2.58. The van der Waals surface area contributed by atoms with Crippen molar-refractivity contribution in [3.05, 3.63) is 52.3 Å². The molecule has 0 radical (unpaired) electrons. The number of carbonyl (C=O) groups is 1. The number of methoxy groups -OCH3 is 1. The van der Waals surface area contributed by atoms with E-state index in [1.54, 1.807) is 24.3 Å². The Labute approximate surface area is 123 Å².